The van der Waals surface area contributed by atoms with Crippen molar-refractivity contribution in [1.29, 1.82) is 0 Å². The number of amides is 10. The molecule has 6 atom stereocenters. The van der Waals surface area contributed by atoms with E-state index in [0.717, 1.165) is 32.1 Å². The third-order valence-corrected chi connectivity index (χ3v) is 10.1. The van der Waals surface area contributed by atoms with E-state index in [0.29, 0.717) is 12.8 Å². The zero-order valence-corrected chi connectivity index (χ0v) is 39.5. The van der Waals surface area contributed by atoms with Gasteiger partial charge < -0.3 is 59.3 Å². The summed E-state index contributed by atoms with van der Waals surface area (Å²) < 4.78 is 0. The quantitative estimate of drug-likeness (QED) is 0.0350. The van der Waals surface area contributed by atoms with Gasteiger partial charge in [-0.05, 0) is 55.9 Å². The summed E-state index contributed by atoms with van der Waals surface area (Å²) in [5, 5.41) is 22.9. The van der Waals surface area contributed by atoms with Crippen LogP contribution in [0.15, 0.2) is 0 Å². The predicted octanol–water partition coefficient (Wildman–Crippen LogP) is -1.14. The van der Waals surface area contributed by atoms with Crippen LogP contribution < -0.4 is 59.3 Å². The van der Waals surface area contributed by atoms with E-state index in [9.17, 15) is 47.9 Å². The minimum atomic E-state index is -1.22. The molecule has 64 heavy (non-hydrogen) atoms. The van der Waals surface area contributed by atoms with Crippen LogP contribution in [0.1, 0.15) is 127 Å². The van der Waals surface area contributed by atoms with E-state index >= 15 is 0 Å². The molecule has 0 aromatic carbocycles. The monoisotopic (exact) mass is 910 g/mol. The lowest BCUT2D eigenvalue weighted by molar-refractivity contribution is -0.135. The van der Waals surface area contributed by atoms with E-state index in [4.69, 9.17) is 11.5 Å². The Labute approximate surface area is 378 Å². The van der Waals surface area contributed by atoms with Gasteiger partial charge in [0.1, 0.15) is 30.2 Å². The first kappa shape index (κ1) is 58.7. The van der Waals surface area contributed by atoms with Crippen molar-refractivity contribution in [2.24, 2.45) is 35.1 Å². The van der Waals surface area contributed by atoms with Gasteiger partial charge in [0.25, 0.3) is 0 Å². The first-order chi connectivity index (χ1) is 30.1. The largest absolute Gasteiger partial charge is 0.368 e. The minimum absolute atomic E-state index is 0.0262. The molecule has 13 N–H and O–H groups in total. The van der Waals surface area contributed by atoms with Crippen LogP contribution in [0.4, 0.5) is 0 Å². The van der Waals surface area contributed by atoms with Crippen LogP contribution >= 0.6 is 0 Å². The standard InChI is InChI=1S/C43H79N11O10/c1-10-12-13-14-15-16-33(56)46-24-36(59)53-38(28(9)11-2)42(63)49-22-34(57)47-23-35(58)50-31(20-26(5)6)41(62)51-29(17-18-44)40(61)54-37(27(7)8)43(64)52-30(19-25(3)4)39(60)48-21-32(45)55/h25-31,37-38H,10-24,44H2,1-9H3,(H2,45,55)(H,46,56)(H,47,57)(H,48,60)(H,49,63)(H,50,58)(H,51,62)(H,52,64)(H,53,59)(H,54,61)/t28-,29-,30-,31-,37?,38?/m0/s1. The van der Waals surface area contributed by atoms with E-state index in [1.807, 2.05) is 34.6 Å². The number of unbranched alkanes of at least 4 members (excludes halogenated alkanes) is 4. The van der Waals surface area contributed by atoms with E-state index in [1.54, 1.807) is 20.8 Å². The van der Waals surface area contributed by atoms with Crippen molar-refractivity contribution in [3.63, 3.8) is 0 Å². The lowest BCUT2D eigenvalue weighted by Crippen LogP contribution is -2.60. The van der Waals surface area contributed by atoms with Crippen molar-refractivity contribution in [3.05, 3.63) is 0 Å². The van der Waals surface area contributed by atoms with E-state index in [-0.39, 0.29) is 56.0 Å². The van der Waals surface area contributed by atoms with Gasteiger partial charge in [0.2, 0.25) is 59.1 Å². The molecule has 366 valence electrons. The lowest BCUT2D eigenvalue weighted by Gasteiger charge is -2.28. The molecule has 0 aliphatic carbocycles. The topological polar surface area (TPSA) is 331 Å². The maximum atomic E-state index is 13.6. The van der Waals surface area contributed by atoms with Crippen molar-refractivity contribution in [2.75, 3.05) is 32.7 Å². The number of hydrogen-bond donors (Lipinski definition) is 11. The Morgan fingerprint density at radius 2 is 0.969 bits per heavy atom. The second kappa shape index (κ2) is 32.3. The van der Waals surface area contributed by atoms with E-state index < -0.39 is 109 Å². The Kier molecular flexibility index (Phi) is 29.6. The van der Waals surface area contributed by atoms with E-state index in [1.165, 1.54) is 0 Å². The molecule has 0 bridgehead atoms. The summed E-state index contributed by atoms with van der Waals surface area (Å²) in [5.74, 6) is -7.33. The number of rotatable bonds is 33. The van der Waals surface area contributed by atoms with Crippen molar-refractivity contribution in [1.82, 2.24) is 47.9 Å². The van der Waals surface area contributed by atoms with Crippen molar-refractivity contribution >= 4 is 59.1 Å². The molecular weight excluding hydrogens is 831 g/mol. The fraction of sp³-hybridized carbons (Fsp3) is 0.767. The third-order valence-electron chi connectivity index (χ3n) is 10.1. The molecular formula is C43H79N11O10. The Morgan fingerprint density at radius 1 is 0.469 bits per heavy atom. The maximum Gasteiger partial charge on any atom is 0.243 e. The molecule has 2 unspecified atom stereocenters. The Hall–Kier alpha value is -5.34. The van der Waals surface area contributed by atoms with Gasteiger partial charge in [0.15, 0.2) is 0 Å². The summed E-state index contributed by atoms with van der Waals surface area (Å²) in [7, 11) is 0. The fourth-order valence-corrected chi connectivity index (χ4v) is 6.31. The van der Waals surface area contributed by atoms with Gasteiger partial charge in [-0.1, -0.05) is 94.4 Å². The summed E-state index contributed by atoms with van der Waals surface area (Å²) in [4.78, 5) is 128. The molecule has 0 spiro atoms. The molecule has 0 saturated heterocycles. The van der Waals surface area contributed by atoms with E-state index in [2.05, 4.69) is 54.8 Å². The van der Waals surface area contributed by atoms with Gasteiger partial charge in [-0.2, -0.15) is 0 Å². The highest BCUT2D eigenvalue weighted by Crippen LogP contribution is 2.11. The average molecular weight is 910 g/mol. The van der Waals surface area contributed by atoms with Gasteiger partial charge in [0, 0.05) is 6.42 Å². The van der Waals surface area contributed by atoms with Crippen LogP contribution in [0, 0.1) is 23.7 Å². The highest BCUT2D eigenvalue weighted by molar-refractivity contribution is 5.97. The highest BCUT2D eigenvalue weighted by atomic mass is 16.2. The first-order valence-electron chi connectivity index (χ1n) is 22.6. The molecule has 0 saturated carbocycles. The molecule has 0 aromatic rings. The van der Waals surface area contributed by atoms with Gasteiger partial charge in [-0.15, -0.1) is 0 Å². The Balaban J connectivity index is 5.49. The molecule has 0 radical (unpaired) electrons. The third kappa shape index (κ3) is 25.7. The second-order valence-corrected chi connectivity index (χ2v) is 17.4. The molecule has 0 rings (SSSR count). The number of nitrogens with one attached hydrogen (secondary N) is 9. The van der Waals surface area contributed by atoms with Crippen LogP contribution in [-0.2, 0) is 47.9 Å². The average Bonchev–Trinajstić information content (AvgIpc) is 3.22. The Morgan fingerprint density at radius 3 is 1.50 bits per heavy atom. The summed E-state index contributed by atoms with van der Waals surface area (Å²) in [6, 6.07) is -5.54. The van der Waals surface area contributed by atoms with Crippen LogP contribution in [0.5, 0.6) is 0 Å². The van der Waals surface area contributed by atoms with Gasteiger partial charge in [-0.25, -0.2) is 0 Å². The zero-order chi connectivity index (χ0) is 48.9. The zero-order valence-electron chi connectivity index (χ0n) is 39.5. The van der Waals surface area contributed by atoms with Crippen molar-refractivity contribution < 1.29 is 47.9 Å². The number of hydrogen-bond acceptors (Lipinski definition) is 11. The number of primary amides is 1. The van der Waals surface area contributed by atoms with Gasteiger partial charge in [0.05, 0.1) is 26.2 Å². The Bertz CT molecular complexity index is 1540. The summed E-state index contributed by atoms with van der Waals surface area (Å²) in [6.07, 6.45) is 6.05. The van der Waals surface area contributed by atoms with Gasteiger partial charge >= 0.3 is 0 Å². The molecule has 21 nitrogen and oxygen atoms in total. The second-order valence-electron chi connectivity index (χ2n) is 17.4. The first-order valence-corrected chi connectivity index (χ1v) is 22.6. The molecule has 0 heterocycles. The summed E-state index contributed by atoms with van der Waals surface area (Å²) in [6.45, 7) is 14.5. The molecule has 0 fully saturated rings. The number of carbonyl (C=O) groups excluding carboxylic acids is 10. The molecule has 10 amide bonds. The van der Waals surface area contributed by atoms with Crippen LogP contribution in [0.2, 0.25) is 0 Å². The fourth-order valence-electron chi connectivity index (χ4n) is 6.31. The van der Waals surface area contributed by atoms with Crippen LogP contribution in [-0.4, -0.2) is 122 Å². The normalized spacial score (nSPS) is 13.9. The smallest absolute Gasteiger partial charge is 0.243 e. The summed E-state index contributed by atoms with van der Waals surface area (Å²) in [5.41, 5.74) is 10.9. The maximum absolute atomic E-state index is 13.6. The molecule has 0 aliphatic heterocycles. The minimum Gasteiger partial charge on any atom is -0.368 e. The van der Waals surface area contributed by atoms with Crippen molar-refractivity contribution in [2.45, 2.75) is 157 Å². The van der Waals surface area contributed by atoms with Crippen molar-refractivity contribution in [3.8, 4) is 0 Å². The lowest BCUT2D eigenvalue weighted by atomic mass is 9.98. The highest BCUT2D eigenvalue weighted by Gasteiger charge is 2.33. The predicted molar refractivity (Wildman–Crippen MR) is 241 cm³/mol. The molecule has 0 aromatic heterocycles. The van der Waals surface area contributed by atoms with Gasteiger partial charge in [-0.3, -0.25) is 47.9 Å². The molecule has 21 heteroatoms. The number of carbonyl (C=O) groups is 10. The summed E-state index contributed by atoms with van der Waals surface area (Å²) >= 11 is 0. The molecule has 0 aliphatic rings. The van der Waals surface area contributed by atoms with Crippen LogP contribution in [0.3, 0.4) is 0 Å². The number of nitrogens with two attached hydrogens (primary N) is 2. The SMILES string of the molecule is CCCCCCCC(=O)NCC(=O)NC(C(=O)NCC(=O)NCC(=O)N[C@@H](CC(C)C)C(=O)N[C@@H](CCN)C(=O)NC(C(=O)N[C@@H](CC(C)C)C(=O)NCC(N)=O)C(C)C)[C@@H](C)CC. The van der Waals surface area contributed by atoms with Crippen LogP contribution in [0.25, 0.3) is 0 Å².